The Kier molecular flexibility index (Phi) is 3.57. The molecule has 0 saturated heterocycles. The third kappa shape index (κ3) is 1.89. The first-order valence-corrected chi connectivity index (χ1v) is 6.58. The van der Waals surface area contributed by atoms with Crippen LogP contribution in [0.4, 0.5) is 4.39 Å². The smallest absolute Gasteiger partial charge is 0.128 e. The Labute approximate surface area is 109 Å². The van der Waals surface area contributed by atoms with E-state index in [4.69, 9.17) is 11.6 Å². The molecular weight excluding hydrogens is 292 g/mol. The minimum absolute atomic E-state index is 0.154. The van der Waals surface area contributed by atoms with Gasteiger partial charge in [0.1, 0.15) is 5.82 Å². The molecule has 1 nitrogen and oxygen atoms in total. The third-order valence-electron chi connectivity index (χ3n) is 3.33. The zero-order chi connectivity index (χ0) is 11.9. The van der Waals surface area contributed by atoms with Crippen LogP contribution in [0, 0.1) is 5.82 Å². The van der Waals surface area contributed by atoms with Crippen molar-refractivity contribution in [2.75, 3.05) is 7.05 Å². The fraction of sp³-hybridized carbons (Fsp3) is 0.500. The summed E-state index contributed by atoms with van der Waals surface area (Å²) in [4.78, 5) is 0. The maximum absolute atomic E-state index is 14.0. The number of benzene rings is 1. The molecule has 0 aromatic heterocycles. The van der Waals surface area contributed by atoms with Gasteiger partial charge in [-0.15, -0.1) is 0 Å². The molecule has 2 atom stereocenters. The SMILES string of the molecule is CNC1CCC(C)c2c(F)cc(Br)c(Cl)c21. The summed E-state index contributed by atoms with van der Waals surface area (Å²) < 4.78 is 14.6. The molecule has 0 heterocycles. The Morgan fingerprint density at radius 2 is 2.12 bits per heavy atom. The normalized spacial score (nSPS) is 24.3. The van der Waals surface area contributed by atoms with Crippen molar-refractivity contribution in [2.24, 2.45) is 0 Å². The Hall–Kier alpha value is -0.120. The van der Waals surface area contributed by atoms with Gasteiger partial charge in [-0.25, -0.2) is 4.39 Å². The van der Waals surface area contributed by atoms with E-state index in [2.05, 4.69) is 28.2 Å². The van der Waals surface area contributed by atoms with Gasteiger partial charge in [0.15, 0.2) is 0 Å². The largest absolute Gasteiger partial charge is 0.313 e. The van der Waals surface area contributed by atoms with Gasteiger partial charge < -0.3 is 5.32 Å². The van der Waals surface area contributed by atoms with E-state index in [-0.39, 0.29) is 17.8 Å². The van der Waals surface area contributed by atoms with Crippen LogP contribution in [-0.2, 0) is 0 Å². The van der Waals surface area contributed by atoms with Crippen molar-refractivity contribution in [1.29, 1.82) is 0 Å². The van der Waals surface area contributed by atoms with E-state index in [1.807, 2.05) is 7.05 Å². The Morgan fingerprint density at radius 3 is 2.75 bits per heavy atom. The number of fused-ring (bicyclic) bond motifs is 1. The second-order valence-corrected chi connectivity index (χ2v) is 5.53. The molecule has 0 saturated carbocycles. The van der Waals surface area contributed by atoms with Crippen LogP contribution >= 0.6 is 27.5 Å². The average Bonchev–Trinajstić information content (AvgIpc) is 2.25. The third-order valence-corrected chi connectivity index (χ3v) is 4.59. The summed E-state index contributed by atoms with van der Waals surface area (Å²) in [5.74, 6) is 0.0870. The monoisotopic (exact) mass is 305 g/mol. The lowest BCUT2D eigenvalue weighted by atomic mass is 9.80. The summed E-state index contributed by atoms with van der Waals surface area (Å²) in [5, 5.41) is 3.85. The van der Waals surface area contributed by atoms with Gasteiger partial charge in [-0.2, -0.15) is 0 Å². The van der Waals surface area contributed by atoms with Gasteiger partial charge in [-0.05, 0) is 58.9 Å². The number of halogens is 3. The summed E-state index contributed by atoms with van der Waals surface area (Å²) >= 11 is 9.57. The highest BCUT2D eigenvalue weighted by atomic mass is 79.9. The molecule has 1 aliphatic rings. The molecule has 1 N–H and O–H groups in total. The first kappa shape index (κ1) is 12.3. The van der Waals surface area contributed by atoms with Crippen LogP contribution in [-0.4, -0.2) is 7.05 Å². The van der Waals surface area contributed by atoms with Crippen LogP contribution in [0.3, 0.4) is 0 Å². The van der Waals surface area contributed by atoms with E-state index in [1.54, 1.807) is 0 Å². The van der Waals surface area contributed by atoms with Crippen molar-refractivity contribution >= 4 is 27.5 Å². The maximum atomic E-state index is 14.0. The highest BCUT2D eigenvalue weighted by molar-refractivity contribution is 9.10. The molecule has 0 bridgehead atoms. The van der Waals surface area contributed by atoms with E-state index >= 15 is 0 Å². The van der Waals surface area contributed by atoms with E-state index in [0.29, 0.717) is 9.50 Å². The van der Waals surface area contributed by atoms with Crippen molar-refractivity contribution in [1.82, 2.24) is 5.32 Å². The van der Waals surface area contributed by atoms with E-state index in [1.165, 1.54) is 6.07 Å². The summed E-state index contributed by atoms with van der Waals surface area (Å²) in [5.41, 5.74) is 1.70. The second-order valence-electron chi connectivity index (χ2n) is 4.30. The van der Waals surface area contributed by atoms with Gasteiger partial charge in [0, 0.05) is 10.5 Å². The minimum Gasteiger partial charge on any atom is -0.313 e. The maximum Gasteiger partial charge on any atom is 0.128 e. The van der Waals surface area contributed by atoms with Crippen LogP contribution < -0.4 is 5.32 Å². The molecule has 16 heavy (non-hydrogen) atoms. The second kappa shape index (κ2) is 4.63. The van der Waals surface area contributed by atoms with Crippen molar-refractivity contribution in [2.45, 2.75) is 31.7 Å². The fourth-order valence-electron chi connectivity index (χ4n) is 2.46. The molecule has 0 spiro atoms. The molecule has 0 aliphatic heterocycles. The van der Waals surface area contributed by atoms with Crippen LogP contribution in [0.5, 0.6) is 0 Å². The number of hydrogen-bond donors (Lipinski definition) is 1. The van der Waals surface area contributed by atoms with Gasteiger partial charge in [0.2, 0.25) is 0 Å². The zero-order valence-corrected chi connectivity index (χ0v) is 11.6. The highest BCUT2D eigenvalue weighted by Gasteiger charge is 2.29. The highest BCUT2D eigenvalue weighted by Crippen LogP contribution is 2.44. The first-order chi connectivity index (χ1) is 7.56. The average molecular weight is 307 g/mol. The first-order valence-electron chi connectivity index (χ1n) is 5.40. The lowest BCUT2D eigenvalue weighted by Crippen LogP contribution is -2.24. The molecule has 0 fully saturated rings. The Bertz CT molecular complexity index is 422. The van der Waals surface area contributed by atoms with Crippen molar-refractivity contribution in [3.05, 3.63) is 32.5 Å². The zero-order valence-electron chi connectivity index (χ0n) is 9.28. The molecule has 1 aromatic rings. The molecule has 88 valence electrons. The molecule has 1 aliphatic carbocycles. The van der Waals surface area contributed by atoms with Crippen LogP contribution in [0.1, 0.15) is 42.9 Å². The number of rotatable bonds is 1. The molecular formula is C12H14BrClFN. The van der Waals surface area contributed by atoms with Crippen molar-refractivity contribution in [3.8, 4) is 0 Å². The van der Waals surface area contributed by atoms with E-state index < -0.39 is 0 Å². The summed E-state index contributed by atoms with van der Waals surface area (Å²) in [7, 11) is 1.89. The van der Waals surface area contributed by atoms with Gasteiger partial charge in [-0.1, -0.05) is 18.5 Å². The van der Waals surface area contributed by atoms with Gasteiger partial charge in [0.05, 0.1) is 5.02 Å². The van der Waals surface area contributed by atoms with E-state index in [9.17, 15) is 4.39 Å². The fourth-order valence-corrected chi connectivity index (χ4v) is 3.17. The number of hydrogen-bond acceptors (Lipinski definition) is 1. The minimum atomic E-state index is -0.154. The summed E-state index contributed by atoms with van der Waals surface area (Å²) in [6.07, 6.45) is 1.99. The predicted octanol–water partition coefficient (Wildman–Crippen LogP) is 4.40. The van der Waals surface area contributed by atoms with Gasteiger partial charge in [0.25, 0.3) is 0 Å². The molecule has 1 aromatic carbocycles. The molecule has 0 amide bonds. The topological polar surface area (TPSA) is 12.0 Å². The number of nitrogens with one attached hydrogen (secondary N) is 1. The molecule has 4 heteroatoms. The molecule has 2 rings (SSSR count). The Balaban J connectivity index is 2.67. The standard InChI is InChI=1S/C12H14BrClFN/c1-6-3-4-9(16-2)11-10(6)8(15)5-7(13)12(11)14/h5-6,9,16H,3-4H2,1-2H3. The summed E-state index contributed by atoms with van der Waals surface area (Å²) in [6.45, 7) is 2.05. The van der Waals surface area contributed by atoms with Crippen molar-refractivity contribution < 1.29 is 4.39 Å². The van der Waals surface area contributed by atoms with Crippen molar-refractivity contribution in [3.63, 3.8) is 0 Å². The summed E-state index contributed by atoms with van der Waals surface area (Å²) in [6, 6.07) is 1.63. The molecule has 0 radical (unpaired) electrons. The van der Waals surface area contributed by atoms with Crippen LogP contribution in [0.25, 0.3) is 0 Å². The van der Waals surface area contributed by atoms with Crippen LogP contribution in [0.2, 0.25) is 5.02 Å². The van der Waals surface area contributed by atoms with Gasteiger partial charge >= 0.3 is 0 Å². The predicted molar refractivity (Wildman–Crippen MR) is 68.6 cm³/mol. The Morgan fingerprint density at radius 1 is 1.44 bits per heavy atom. The van der Waals surface area contributed by atoms with Crippen LogP contribution in [0.15, 0.2) is 10.5 Å². The molecule has 2 unspecified atom stereocenters. The quantitative estimate of drug-likeness (QED) is 0.758. The lowest BCUT2D eigenvalue weighted by Gasteiger charge is -2.31. The van der Waals surface area contributed by atoms with Gasteiger partial charge in [-0.3, -0.25) is 0 Å². The lowest BCUT2D eigenvalue weighted by molar-refractivity contribution is 0.441. The van der Waals surface area contributed by atoms with E-state index in [0.717, 1.165) is 24.0 Å².